The van der Waals surface area contributed by atoms with Crippen LogP contribution in [0.25, 0.3) is 10.9 Å². The van der Waals surface area contributed by atoms with Crippen molar-refractivity contribution in [1.29, 1.82) is 5.26 Å². The molecule has 21 heavy (non-hydrogen) atoms. The van der Waals surface area contributed by atoms with Gasteiger partial charge in [-0.15, -0.1) is 10.2 Å². The number of hydrogen-bond acceptors (Lipinski definition) is 5. The molecule has 1 heterocycles. The maximum atomic E-state index is 9.29. The first-order valence-electron chi connectivity index (χ1n) is 7.35. The molecule has 1 fully saturated rings. The van der Waals surface area contributed by atoms with Crippen LogP contribution in [0.3, 0.4) is 0 Å². The van der Waals surface area contributed by atoms with Gasteiger partial charge in [-0.05, 0) is 31.1 Å². The second-order valence-electron chi connectivity index (χ2n) is 5.28. The van der Waals surface area contributed by atoms with Crippen LogP contribution in [0.5, 0.6) is 0 Å². The first-order chi connectivity index (χ1) is 10.3. The van der Waals surface area contributed by atoms with E-state index in [4.69, 9.17) is 0 Å². The Labute approximate surface area is 129 Å². The van der Waals surface area contributed by atoms with E-state index in [2.05, 4.69) is 28.5 Å². The molecule has 4 nitrogen and oxygen atoms in total. The van der Waals surface area contributed by atoms with Crippen molar-refractivity contribution in [2.45, 2.75) is 37.5 Å². The maximum absolute atomic E-state index is 9.29. The first-order valence-corrected chi connectivity index (χ1v) is 8.40. The Hall–Kier alpha value is -1.80. The number of anilines is 1. The molecule has 2 aromatic rings. The number of fused-ring (bicyclic) bond motifs is 1. The second-order valence-corrected chi connectivity index (χ2v) is 6.86. The highest BCUT2D eigenvalue weighted by atomic mass is 32.2. The smallest absolute Gasteiger partial charge is 0.186 e. The van der Waals surface area contributed by atoms with E-state index in [9.17, 15) is 5.26 Å². The van der Waals surface area contributed by atoms with Crippen LogP contribution < -0.4 is 5.32 Å². The zero-order valence-electron chi connectivity index (χ0n) is 12.0. The second kappa shape index (κ2) is 6.31. The molecular weight excluding hydrogens is 280 g/mol. The Morgan fingerprint density at radius 2 is 2.19 bits per heavy atom. The molecule has 2 unspecified atom stereocenters. The topological polar surface area (TPSA) is 61.6 Å². The van der Waals surface area contributed by atoms with Crippen molar-refractivity contribution in [3.05, 3.63) is 30.0 Å². The van der Waals surface area contributed by atoms with E-state index < -0.39 is 0 Å². The van der Waals surface area contributed by atoms with E-state index >= 15 is 0 Å². The Kier molecular flexibility index (Phi) is 4.26. The quantitative estimate of drug-likeness (QED) is 0.934. The van der Waals surface area contributed by atoms with Crippen molar-refractivity contribution in [3.8, 4) is 6.07 Å². The number of nitrogens with zero attached hydrogens (tertiary/aromatic N) is 3. The highest BCUT2D eigenvalue weighted by Gasteiger charge is 2.25. The number of nitrogens with one attached hydrogen (secondary N) is 1. The third kappa shape index (κ3) is 2.96. The van der Waals surface area contributed by atoms with Crippen molar-refractivity contribution >= 4 is 28.4 Å². The lowest BCUT2D eigenvalue weighted by molar-refractivity contribution is 0.756. The van der Waals surface area contributed by atoms with Gasteiger partial charge in [-0.2, -0.15) is 17.0 Å². The molecule has 1 saturated carbocycles. The zero-order chi connectivity index (χ0) is 14.7. The number of thioether (sulfide) groups is 1. The SMILES string of the molecule is CCSC1CCC(Nc2c(C#N)nnc3ccccc23)C1. The lowest BCUT2D eigenvalue weighted by atomic mass is 10.1. The highest BCUT2D eigenvalue weighted by molar-refractivity contribution is 7.99. The molecule has 0 spiro atoms. The summed E-state index contributed by atoms with van der Waals surface area (Å²) in [4.78, 5) is 0. The average Bonchev–Trinajstić information content (AvgIpc) is 2.95. The van der Waals surface area contributed by atoms with E-state index in [1.165, 1.54) is 12.2 Å². The van der Waals surface area contributed by atoms with Crippen LogP contribution >= 0.6 is 11.8 Å². The molecule has 0 aliphatic heterocycles. The van der Waals surface area contributed by atoms with Crippen LogP contribution in [0.4, 0.5) is 5.69 Å². The molecule has 0 saturated heterocycles. The third-order valence-corrected chi connectivity index (χ3v) is 5.14. The molecule has 1 aromatic carbocycles. The summed E-state index contributed by atoms with van der Waals surface area (Å²) in [6.45, 7) is 2.21. The standard InChI is InChI=1S/C16H18N4S/c1-2-21-12-8-7-11(9-12)18-16-13-5-3-4-6-14(13)19-20-15(16)10-17/h3-6,11-12H,2,7-9H2,1H3,(H,18,19). The lowest BCUT2D eigenvalue weighted by Gasteiger charge is -2.16. The largest absolute Gasteiger partial charge is 0.379 e. The first kappa shape index (κ1) is 14.2. The number of nitriles is 1. The van der Waals surface area contributed by atoms with Crippen LogP contribution in [0.15, 0.2) is 24.3 Å². The van der Waals surface area contributed by atoms with Gasteiger partial charge in [0, 0.05) is 16.7 Å². The van der Waals surface area contributed by atoms with Crippen LogP contribution in [-0.2, 0) is 0 Å². The highest BCUT2D eigenvalue weighted by Crippen LogP contribution is 2.33. The van der Waals surface area contributed by atoms with Gasteiger partial charge in [0.25, 0.3) is 0 Å². The summed E-state index contributed by atoms with van der Waals surface area (Å²) < 4.78 is 0. The number of benzene rings is 1. The predicted octanol–water partition coefficient (Wildman–Crippen LogP) is 3.59. The Morgan fingerprint density at radius 1 is 1.33 bits per heavy atom. The van der Waals surface area contributed by atoms with Crippen molar-refractivity contribution in [3.63, 3.8) is 0 Å². The summed E-state index contributed by atoms with van der Waals surface area (Å²) in [7, 11) is 0. The van der Waals surface area contributed by atoms with Crippen LogP contribution in [0.2, 0.25) is 0 Å². The summed E-state index contributed by atoms with van der Waals surface area (Å²) in [5.41, 5.74) is 2.06. The van der Waals surface area contributed by atoms with E-state index in [0.717, 1.165) is 34.7 Å². The van der Waals surface area contributed by atoms with Gasteiger partial charge in [0.05, 0.1) is 11.2 Å². The van der Waals surface area contributed by atoms with E-state index in [-0.39, 0.29) is 0 Å². The molecule has 0 bridgehead atoms. The molecule has 1 aromatic heterocycles. The number of rotatable bonds is 4. The fraction of sp³-hybridized carbons (Fsp3) is 0.438. The minimum absolute atomic E-state index is 0.389. The van der Waals surface area contributed by atoms with Crippen molar-refractivity contribution in [1.82, 2.24) is 10.2 Å². The molecule has 108 valence electrons. The molecule has 3 rings (SSSR count). The Balaban J connectivity index is 1.88. The maximum Gasteiger partial charge on any atom is 0.186 e. The van der Waals surface area contributed by atoms with E-state index in [1.807, 2.05) is 36.0 Å². The molecule has 0 radical (unpaired) electrons. The van der Waals surface area contributed by atoms with Gasteiger partial charge in [0.1, 0.15) is 6.07 Å². The van der Waals surface area contributed by atoms with Gasteiger partial charge < -0.3 is 5.32 Å². The van der Waals surface area contributed by atoms with Gasteiger partial charge in [-0.3, -0.25) is 0 Å². The third-order valence-electron chi connectivity index (χ3n) is 3.91. The average molecular weight is 298 g/mol. The molecule has 1 aliphatic carbocycles. The molecule has 5 heteroatoms. The van der Waals surface area contributed by atoms with Crippen LogP contribution in [0, 0.1) is 11.3 Å². The summed E-state index contributed by atoms with van der Waals surface area (Å²) >= 11 is 2.03. The van der Waals surface area contributed by atoms with Crippen molar-refractivity contribution in [2.75, 3.05) is 11.1 Å². The fourth-order valence-electron chi connectivity index (χ4n) is 2.94. The van der Waals surface area contributed by atoms with Crippen molar-refractivity contribution < 1.29 is 0 Å². The Bertz CT molecular complexity index is 680. The van der Waals surface area contributed by atoms with Gasteiger partial charge in [-0.25, -0.2) is 0 Å². The normalized spacial score (nSPS) is 21.3. The monoisotopic (exact) mass is 298 g/mol. The van der Waals surface area contributed by atoms with Crippen LogP contribution in [0.1, 0.15) is 31.9 Å². The minimum Gasteiger partial charge on any atom is -0.379 e. The minimum atomic E-state index is 0.389. The van der Waals surface area contributed by atoms with E-state index in [1.54, 1.807) is 0 Å². The molecule has 2 atom stereocenters. The Morgan fingerprint density at radius 3 is 3.00 bits per heavy atom. The summed E-state index contributed by atoms with van der Waals surface area (Å²) in [6.07, 6.45) is 3.55. The number of aromatic nitrogens is 2. The van der Waals surface area contributed by atoms with Gasteiger partial charge >= 0.3 is 0 Å². The summed E-state index contributed by atoms with van der Waals surface area (Å²) in [6, 6.07) is 10.4. The molecule has 1 N–H and O–H groups in total. The predicted molar refractivity (Wildman–Crippen MR) is 87.4 cm³/mol. The van der Waals surface area contributed by atoms with Crippen molar-refractivity contribution in [2.24, 2.45) is 0 Å². The summed E-state index contributed by atoms with van der Waals surface area (Å²) in [5.74, 6) is 1.17. The van der Waals surface area contributed by atoms with Gasteiger partial charge in [0.15, 0.2) is 5.69 Å². The van der Waals surface area contributed by atoms with Gasteiger partial charge in [0.2, 0.25) is 0 Å². The van der Waals surface area contributed by atoms with Gasteiger partial charge in [-0.1, -0.05) is 25.1 Å². The zero-order valence-corrected chi connectivity index (χ0v) is 12.9. The molecule has 0 amide bonds. The molecular formula is C16H18N4S. The van der Waals surface area contributed by atoms with Crippen LogP contribution in [-0.4, -0.2) is 27.2 Å². The lowest BCUT2D eigenvalue weighted by Crippen LogP contribution is -2.17. The summed E-state index contributed by atoms with van der Waals surface area (Å²) in [5, 5.41) is 22.7. The van der Waals surface area contributed by atoms with E-state index in [0.29, 0.717) is 11.7 Å². The number of hydrogen-bond donors (Lipinski definition) is 1. The molecule has 1 aliphatic rings. The fourth-order valence-corrected chi connectivity index (χ4v) is 4.08.